The molecule has 2 aromatic heterocycles. The Kier molecular flexibility index (Phi) is 4.68. The van der Waals surface area contributed by atoms with Crippen LogP contribution in [-0.2, 0) is 0 Å². The first-order valence-electron chi connectivity index (χ1n) is 6.86. The number of nitrogens with zero attached hydrogens (tertiary/aromatic N) is 4. The van der Waals surface area contributed by atoms with E-state index in [9.17, 15) is 10.1 Å². The van der Waals surface area contributed by atoms with Gasteiger partial charge in [0.25, 0.3) is 0 Å². The molecule has 2 heterocycles. The van der Waals surface area contributed by atoms with Gasteiger partial charge in [-0.3, -0.25) is 10.1 Å². The number of hydrogen-bond acceptors (Lipinski definition) is 8. The summed E-state index contributed by atoms with van der Waals surface area (Å²) in [6, 6.07) is 6.30. The Balaban J connectivity index is 1.97. The third kappa shape index (κ3) is 3.78. The molecule has 11 heteroatoms. The Hall–Kier alpha value is -2.91. The van der Waals surface area contributed by atoms with E-state index in [-0.39, 0.29) is 17.3 Å². The highest BCUT2D eigenvalue weighted by Gasteiger charge is 2.24. The smallest absolute Gasteiger partial charge is 0.353 e. The van der Waals surface area contributed by atoms with E-state index in [2.05, 4.69) is 25.8 Å². The molecule has 1 aromatic carbocycles. The van der Waals surface area contributed by atoms with Crippen LogP contribution in [0, 0.1) is 17.0 Å². The molecule has 0 saturated carbocycles. The Morgan fingerprint density at radius 1 is 1.12 bits per heavy atom. The van der Waals surface area contributed by atoms with E-state index < -0.39 is 4.92 Å². The normalized spacial score (nSPS) is 10.5. The van der Waals surface area contributed by atoms with Crippen LogP contribution < -0.4 is 10.6 Å². The predicted molar refractivity (Wildman–Crippen MR) is 93.0 cm³/mol. The maximum atomic E-state index is 11.5. The third-order valence-corrected chi connectivity index (χ3v) is 3.80. The van der Waals surface area contributed by atoms with E-state index in [1.54, 1.807) is 25.1 Å². The van der Waals surface area contributed by atoms with Gasteiger partial charge in [-0.2, -0.15) is 0 Å². The van der Waals surface area contributed by atoms with Crippen molar-refractivity contribution in [2.45, 2.75) is 6.92 Å². The van der Waals surface area contributed by atoms with Crippen LogP contribution in [0.3, 0.4) is 0 Å². The standard InChI is InChI=1S/C14H10Cl2N6O3/c1-7-4-11(21-25-7)20-14-12(22(23)24)13(17-6-18-14)19-8-2-3-9(15)10(16)5-8/h2-6H,1H3,(H2,17,18,19,20,21). The van der Waals surface area contributed by atoms with Crippen molar-refractivity contribution in [3.8, 4) is 0 Å². The molecule has 3 rings (SSSR count). The van der Waals surface area contributed by atoms with Gasteiger partial charge in [-0.1, -0.05) is 28.4 Å². The summed E-state index contributed by atoms with van der Waals surface area (Å²) in [5.74, 6) is 0.796. The number of aromatic nitrogens is 3. The van der Waals surface area contributed by atoms with Crippen LogP contribution in [0.25, 0.3) is 0 Å². The molecule has 0 aliphatic rings. The van der Waals surface area contributed by atoms with E-state index in [1.807, 2.05) is 0 Å². The number of nitro groups is 1. The lowest BCUT2D eigenvalue weighted by molar-refractivity contribution is -0.383. The zero-order valence-corrected chi connectivity index (χ0v) is 14.2. The van der Waals surface area contributed by atoms with Crippen molar-refractivity contribution in [1.82, 2.24) is 15.1 Å². The molecule has 25 heavy (non-hydrogen) atoms. The predicted octanol–water partition coefficient (Wildman–Crippen LogP) is 4.48. The molecule has 0 unspecified atom stereocenters. The first-order valence-corrected chi connectivity index (χ1v) is 7.61. The Labute approximate surface area is 151 Å². The summed E-state index contributed by atoms with van der Waals surface area (Å²) < 4.78 is 4.92. The molecule has 0 atom stereocenters. The van der Waals surface area contributed by atoms with E-state index in [0.29, 0.717) is 27.3 Å². The molecule has 2 N–H and O–H groups in total. The van der Waals surface area contributed by atoms with Crippen LogP contribution in [0.2, 0.25) is 10.0 Å². The second-order valence-electron chi connectivity index (χ2n) is 4.88. The number of rotatable bonds is 5. The number of halogens is 2. The molecule has 0 bridgehead atoms. The number of hydrogen-bond donors (Lipinski definition) is 2. The van der Waals surface area contributed by atoms with Gasteiger partial charge in [0.2, 0.25) is 11.6 Å². The monoisotopic (exact) mass is 380 g/mol. The highest BCUT2D eigenvalue weighted by atomic mass is 35.5. The fourth-order valence-electron chi connectivity index (χ4n) is 1.99. The Morgan fingerprint density at radius 3 is 2.44 bits per heavy atom. The SMILES string of the molecule is Cc1cc(Nc2ncnc(Nc3ccc(Cl)c(Cl)c3)c2[N+](=O)[O-])no1. The second kappa shape index (κ2) is 6.91. The first kappa shape index (κ1) is 16.9. The van der Waals surface area contributed by atoms with Crippen molar-refractivity contribution in [1.29, 1.82) is 0 Å². The van der Waals surface area contributed by atoms with Gasteiger partial charge >= 0.3 is 5.69 Å². The third-order valence-electron chi connectivity index (χ3n) is 3.06. The lowest BCUT2D eigenvalue weighted by atomic mass is 10.3. The van der Waals surface area contributed by atoms with Crippen LogP contribution in [-0.4, -0.2) is 20.0 Å². The molecule has 0 aliphatic heterocycles. The van der Waals surface area contributed by atoms with E-state index >= 15 is 0 Å². The van der Waals surface area contributed by atoms with Gasteiger partial charge in [0, 0.05) is 11.8 Å². The fourth-order valence-corrected chi connectivity index (χ4v) is 2.29. The van der Waals surface area contributed by atoms with Gasteiger partial charge in [0.15, 0.2) is 5.82 Å². The summed E-state index contributed by atoms with van der Waals surface area (Å²) in [6.45, 7) is 1.70. The minimum absolute atomic E-state index is 0.0129. The molecule has 9 nitrogen and oxygen atoms in total. The maximum absolute atomic E-state index is 11.5. The summed E-state index contributed by atoms with van der Waals surface area (Å²) >= 11 is 11.8. The highest BCUT2D eigenvalue weighted by molar-refractivity contribution is 6.42. The van der Waals surface area contributed by atoms with Crippen molar-refractivity contribution in [2.75, 3.05) is 10.6 Å². The minimum atomic E-state index is -0.602. The van der Waals surface area contributed by atoms with Gasteiger partial charge < -0.3 is 15.2 Å². The minimum Gasteiger partial charge on any atom is -0.360 e. The van der Waals surface area contributed by atoms with Crippen LogP contribution in [0.4, 0.5) is 28.8 Å². The summed E-state index contributed by atoms with van der Waals surface area (Å²) in [6.07, 6.45) is 1.18. The molecule has 0 aliphatic carbocycles. The second-order valence-corrected chi connectivity index (χ2v) is 5.69. The van der Waals surface area contributed by atoms with Crippen molar-refractivity contribution in [2.24, 2.45) is 0 Å². The molecular formula is C14H10Cl2N6O3. The lowest BCUT2D eigenvalue weighted by Gasteiger charge is -2.09. The van der Waals surface area contributed by atoms with Crippen LogP contribution in [0.1, 0.15) is 5.76 Å². The molecule has 0 saturated heterocycles. The van der Waals surface area contributed by atoms with E-state index in [0.717, 1.165) is 0 Å². The van der Waals surface area contributed by atoms with Crippen molar-refractivity contribution in [3.05, 3.63) is 56.5 Å². The molecule has 0 amide bonds. The number of nitrogens with one attached hydrogen (secondary N) is 2. The van der Waals surface area contributed by atoms with Crippen molar-refractivity contribution >= 4 is 52.0 Å². The quantitative estimate of drug-likeness (QED) is 0.491. The number of anilines is 4. The van der Waals surface area contributed by atoms with E-state index in [4.69, 9.17) is 27.7 Å². The average molecular weight is 381 g/mol. The Morgan fingerprint density at radius 2 is 1.84 bits per heavy atom. The summed E-state index contributed by atoms with van der Waals surface area (Å²) in [5, 5.41) is 21.5. The topological polar surface area (TPSA) is 119 Å². The molecule has 3 aromatic rings. The largest absolute Gasteiger partial charge is 0.360 e. The summed E-state index contributed by atoms with van der Waals surface area (Å²) in [4.78, 5) is 18.7. The molecule has 128 valence electrons. The zero-order valence-electron chi connectivity index (χ0n) is 12.7. The molecule has 0 spiro atoms. The fraction of sp³-hybridized carbons (Fsp3) is 0.0714. The van der Waals surface area contributed by atoms with E-state index in [1.165, 1.54) is 12.4 Å². The van der Waals surface area contributed by atoms with Crippen LogP contribution >= 0.6 is 23.2 Å². The maximum Gasteiger partial charge on any atom is 0.353 e. The Bertz CT molecular complexity index is 946. The van der Waals surface area contributed by atoms with Gasteiger partial charge in [0.05, 0.1) is 15.0 Å². The van der Waals surface area contributed by atoms with Crippen molar-refractivity contribution < 1.29 is 9.45 Å². The van der Waals surface area contributed by atoms with Gasteiger partial charge in [-0.05, 0) is 25.1 Å². The average Bonchev–Trinajstić information content (AvgIpc) is 2.96. The molecule has 0 radical (unpaired) electrons. The zero-order chi connectivity index (χ0) is 18.0. The number of benzene rings is 1. The van der Waals surface area contributed by atoms with Crippen LogP contribution in [0.5, 0.6) is 0 Å². The van der Waals surface area contributed by atoms with Gasteiger partial charge in [-0.15, -0.1) is 0 Å². The molecule has 0 fully saturated rings. The molecular weight excluding hydrogens is 371 g/mol. The van der Waals surface area contributed by atoms with Crippen LogP contribution in [0.15, 0.2) is 35.1 Å². The summed E-state index contributed by atoms with van der Waals surface area (Å²) in [7, 11) is 0. The first-order chi connectivity index (χ1) is 11.9. The number of aryl methyl sites for hydroxylation is 1. The van der Waals surface area contributed by atoms with Crippen molar-refractivity contribution in [3.63, 3.8) is 0 Å². The lowest BCUT2D eigenvalue weighted by Crippen LogP contribution is -2.05. The highest BCUT2D eigenvalue weighted by Crippen LogP contribution is 2.34. The van der Waals surface area contributed by atoms with Gasteiger partial charge in [0.1, 0.15) is 12.1 Å². The summed E-state index contributed by atoms with van der Waals surface area (Å²) in [5.41, 5.74) is 0.133. The van der Waals surface area contributed by atoms with Gasteiger partial charge in [-0.25, -0.2) is 9.97 Å².